The van der Waals surface area contributed by atoms with E-state index in [0.717, 1.165) is 29.9 Å². The Kier molecular flexibility index (Phi) is 11.9. The molecule has 0 radical (unpaired) electrons. The Morgan fingerprint density at radius 1 is 1.26 bits per heavy atom. The lowest BCUT2D eigenvalue weighted by molar-refractivity contribution is -0.137. The third-order valence-electron chi connectivity index (χ3n) is 3.33. The molecule has 0 aliphatic carbocycles. The van der Waals surface area contributed by atoms with Crippen LogP contribution in [0.1, 0.15) is 31.4 Å². The number of anilines is 1. The molecule has 1 aromatic carbocycles. The lowest BCUT2D eigenvalue weighted by atomic mass is 9.99. The van der Waals surface area contributed by atoms with Gasteiger partial charge in [0.15, 0.2) is 0 Å². The summed E-state index contributed by atoms with van der Waals surface area (Å²) in [6, 6.07) is 5.72. The number of rotatable bonds is 9. The van der Waals surface area contributed by atoms with Crippen LogP contribution in [-0.4, -0.2) is 42.0 Å². The summed E-state index contributed by atoms with van der Waals surface area (Å²) in [5, 5.41) is 8.80. The van der Waals surface area contributed by atoms with Gasteiger partial charge in [-0.3, -0.25) is 4.79 Å². The highest BCUT2D eigenvalue weighted by Crippen LogP contribution is 2.21. The minimum absolute atomic E-state index is 0.0310. The largest absolute Gasteiger partial charge is 0.481 e. The van der Waals surface area contributed by atoms with E-state index in [-0.39, 0.29) is 12.5 Å². The molecule has 0 heterocycles. The zero-order chi connectivity index (χ0) is 17.8. The normalized spacial score (nSPS) is 11.4. The minimum atomic E-state index is -0.873. The van der Waals surface area contributed by atoms with E-state index in [1.165, 1.54) is 0 Å². The van der Waals surface area contributed by atoms with Gasteiger partial charge in [-0.15, -0.1) is 23.2 Å². The monoisotopic (exact) mass is 362 g/mol. The SMILES string of the molecule is CC.Cc1ccc(N(CCCl)CCCl)cc1C[C@H](N)CC(=O)O. The molecule has 4 nitrogen and oxygen atoms in total. The molecule has 3 N–H and O–H groups in total. The first kappa shape index (κ1) is 22.0. The van der Waals surface area contributed by atoms with E-state index < -0.39 is 5.97 Å². The van der Waals surface area contributed by atoms with E-state index in [1.807, 2.05) is 32.9 Å². The number of nitrogens with two attached hydrogens (primary N) is 1. The molecule has 6 heteroatoms. The van der Waals surface area contributed by atoms with Gasteiger partial charge >= 0.3 is 5.97 Å². The van der Waals surface area contributed by atoms with E-state index in [0.29, 0.717) is 18.2 Å². The van der Waals surface area contributed by atoms with Gasteiger partial charge < -0.3 is 15.7 Å². The van der Waals surface area contributed by atoms with E-state index >= 15 is 0 Å². The fraction of sp³-hybridized carbons (Fsp3) is 0.588. The maximum absolute atomic E-state index is 10.7. The van der Waals surface area contributed by atoms with Gasteiger partial charge in [0, 0.05) is 36.6 Å². The van der Waals surface area contributed by atoms with Crippen molar-refractivity contribution in [3.05, 3.63) is 29.3 Å². The van der Waals surface area contributed by atoms with Crippen LogP contribution in [-0.2, 0) is 11.2 Å². The lowest BCUT2D eigenvalue weighted by Gasteiger charge is -2.24. The number of carboxylic acids is 1. The van der Waals surface area contributed by atoms with Crippen molar-refractivity contribution in [2.75, 3.05) is 29.7 Å². The molecule has 0 aliphatic heterocycles. The molecule has 1 aromatic rings. The van der Waals surface area contributed by atoms with Gasteiger partial charge in [-0.2, -0.15) is 0 Å². The molecule has 0 aliphatic rings. The fourth-order valence-corrected chi connectivity index (χ4v) is 2.64. The first-order chi connectivity index (χ1) is 11.0. The van der Waals surface area contributed by atoms with Gasteiger partial charge in [0.2, 0.25) is 0 Å². The highest BCUT2D eigenvalue weighted by molar-refractivity contribution is 6.18. The van der Waals surface area contributed by atoms with Crippen molar-refractivity contribution in [3.63, 3.8) is 0 Å². The van der Waals surface area contributed by atoms with Crippen LogP contribution < -0.4 is 10.6 Å². The highest BCUT2D eigenvalue weighted by Gasteiger charge is 2.13. The van der Waals surface area contributed by atoms with Gasteiger partial charge in [-0.05, 0) is 36.6 Å². The number of carbonyl (C=O) groups is 1. The van der Waals surface area contributed by atoms with Crippen LogP contribution in [0.15, 0.2) is 18.2 Å². The minimum Gasteiger partial charge on any atom is -0.481 e. The second-order valence-corrected chi connectivity index (χ2v) is 5.79. The molecule has 1 rings (SSSR count). The van der Waals surface area contributed by atoms with Crippen molar-refractivity contribution in [1.82, 2.24) is 0 Å². The molecular formula is C17H28Cl2N2O2. The van der Waals surface area contributed by atoms with Crippen LogP contribution in [0.25, 0.3) is 0 Å². The predicted octanol–water partition coefficient (Wildman–Crippen LogP) is 3.65. The van der Waals surface area contributed by atoms with Crippen molar-refractivity contribution in [2.24, 2.45) is 5.73 Å². The topological polar surface area (TPSA) is 66.6 Å². The molecular weight excluding hydrogens is 335 g/mol. The Labute approximate surface area is 149 Å². The van der Waals surface area contributed by atoms with Crippen LogP contribution in [0.5, 0.6) is 0 Å². The third kappa shape index (κ3) is 8.45. The average Bonchev–Trinajstić information content (AvgIpc) is 2.50. The molecule has 0 amide bonds. The molecule has 0 saturated heterocycles. The summed E-state index contributed by atoms with van der Waals surface area (Å²) in [6.07, 6.45) is 0.512. The van der Waals surface area contributed by atoms with Gasteiger partial charge in [-0.25, -0.2) is 0 Å². The Bertz CT molecular complexity index is 464. The number of alkyl halides is 2. The summed E-state index contributed by atoms with van der Waals surface area (Å²) >= 11 is 11.6. The van der Waals surface area contributed by atoms with Crippen LogP contribution in [0, 0.1) is 6.92 Å². The quantitative estimate of drug-likeness (QED) is 0.658. The van der Waals surface area contributed by atoms with Crippen LogP contribution >= 0.6 is 23.2 Å². The van der Waals surface area contributed by atoms with Gasteiger partial charge in [0.1, 0.15) is 0 Å². The Balaban J connectivity index is 0.00000232. The number of aliphatic carboxylic acids is 1. The summed E-state index contributed by atoms with van der Waals surface area (Å²) in [7, 11) is 0. The van der Waals surface area contributed by atoms with Crippen LogP contribution in [0.4, 0.5) is 5.69 Å². The molecule has 23 heavy (non-hydrogen) atoms. The Morgan fingerprint density at radius 3 is 2.30 bits per heavy atom. The van der Waals surface area contributed by atoms with Crippen molar-refractivity contribution in [1.29, 1.82) is 0 Å². The average molecular weight is 363 g/mol. The van der Waals surface area contributed by atoms with E-state index in [2.05, 4.69) is 11.0 Å². The summed E-state index contributed by atoms with van der Waals surface area (Å²) < 4.78 is 0. The summed E-state index contributed by atoms with van der Waals surface area (Å²) in [6.45, 7) is 7.44. The standard InChI is InChI=1S/C15H22Cl2N2O2.C2H6/c1-11-2-3-14(19(6-4-16)7-5-17)9-12(11)8-13(18)10-15(20)21;1-2/h2-3,9,13H,4-8,10,18H2,1H3,(H,20,21);1-2H3/t13-;/m0./s1. The second-order valence-electron chi connectivity index (χ2n) is 5.04. The van der Waals surface area contributed by atoms with Crippen molar-refractivity contribution < 1.29 is 9.90 Å². The zero-order valence-electron chi connectivity index (χ0n) is 14.2. The Morgan fingerprint density at radius 2 is 1.83 bits per heavy atom. The first-order valence-electron chi connectivity index (χ1n) is 7.91. The van der Waals surface area contributed by atoms with Gasteiger partial charge in [0.25, 0.3) is 0 Å². The molecule has 0 aromatic heterocycles. The van der Waals surface area contributed by atoms with E-state index in [9.17, 15) is 4.79 Å². The zero-order valence-corrected chi connectivity index (χ0v) is 15.7. The summed E-state index contributed by atoms with van der Waals surface area (Å²) in [4.78, 5) is 12.8. The fourth-order valence-electron chi connectivity index (χ4n) is 2.23. The predicted molar refractivity (Wildman–Crippen MR) is 100 cm³/mol. The van der Waals surface area contributed by atoms with Gasteiger partial charge in [-0.1, -0.05) is 19.9 Å². The van der Waals surface area contributed by atoms with E-state index in [1.54, 1.807) is 0 Å². The number of hydrogen-bond donors (Lipinski definition) is 2. The smallest absolute Gasteiger partial charge is 0.304 e. The highest BCUT2D eigenvalue weighted by atomic mass is 35.5. The molecule has 0 bridgehead atoms. The summed E-state index contributed by atoms with van der Waals surface area (Å²) in [5.74, 6) is 0.180. The van der Waals surface area contributed by atoms with Crippen LogP contribution in [0.3, 0.4) is 0 Å². The maximum Gasteiger partial charge on any atom is 0.304 e. The number of hydrogen-bond acceptors (Lipinski definition) is 3. The Hall–Kier alpha value is -0.970. The third-order valence-corrected chi connectivity index (χ3v) is 3.66. The number of aryl methyl sites for hydroxylation is 1. The van der Waals surface area contributed by atoms with Gasteiger partial charge in [0.05, 0.1) is 6.42 Å². The molecule has 0 saturated carbocycles. The molecule has 0 fully saturated rings. The maximum atomic E-state index is 10.7. The van der Waals surface area contributed by atoms with E-state index in [4.69, 9.17) is 34.0 Å². The number of carboxylic acid groups (broad SMARTS) is 1. The molecule has 0 unspecified atom stereocenters. The molecule has 0 spiro atoms. The summed E-state index contributed by atoms with van der Waals surface area (Å²) in [5.41, 5.74) is 9.10. The lowest BCUT2D eigenvalue weighted by Crippen LogP contribution is -2.29. The first-order valence-corrected chi connectivity index (χ1v) is 8.98. The van der Waals surface area contributed by atoms with Crippen LogP contribution in [0.2, 0.25) is 0 Å². The number of benzene rings is 1. The second kappa shape index (κ2) is 12.5. The number of nitrogens with zero attached hydrogens (tertiary/aromatic N) is 1. The van der Waals surface area contributed by atoms with Crippen molar-refractivity contribution >= 4 is 34.9 Å². The molecule has 1 atom stereocenters. The van der Waals surface area contributed by atoms with Crippen molar-refractivity contribution in [3.8, 4) is 0 Å². The number of halogens is 2. The van der Waals surface area contributed by atoms with Crippen molar-refractivity contribution in [2.45, 2.75) is 39.7 Å². The molecule has 132 valence electrons.